The Labute approximate surface area is 105 Å². The molecule has 1 rings (SSSR count). The summed E-state index contributed by atoms with van der Waals surface area (Å²) in [5, 5.41) is 11.9. The highest BCUT2D eigenvalue weighted by Crippen LogP contribution is 2.22. The summed E-state index contributed by atoms with van der Waals surface area (Å²) in [6.07, 6.45) is 2.11. The third-order valence-electron chi connectivity index (χ3n) is 2.68. The molecule has 0 atom stereocenters. The zero-order valence-electron chi connectivity index (χ0n) is 11.7. The van der Waals surface area contributed by atoms with E-state index in [1.807, 2.05) is 0 Å². The molecule has 1 N–H and O–H groups in total. The molecule has 0 fully saturated rings. The summed E-state index contributed by atoms with van der Waals surface area (Å²) in [6.45, 7) is 12.0. The highest BCUT2D eigenvalue weighted by molar-refractivity contribution is 5.39. The lowest BCUT2D eigenvalue weighted by Crippen LogP contribution is -2.09. The molecular weight excluding hydrogens is 210 g/mol. The maximum atomic E-state index is 4.38. The molecular formula is C14H25N3. The maximum Gasteiger partial charge on any atom is 0.148 e. The van der Waals surface area contributed by atoms with Gasteiger partial charge in [-0.15, -0.1) is 5.10 Å². The van der Waals surface area contributed by atoms with Gasteiger partial charge in [-0.3, -0.25) is 0 Å². The van der Waals surface area contributed by atoms with Gasteiger partial charge in [-0.25, -0.2) is 0 Å². The second kappa shape index (κ2) is 6.58. The molecule has 3 nitrogen and oxygen atoms in total. The van der Waals surface area contributed by atoms with E-state index in [1.54, 1.807) is 0 Å². The summed E-state index contributed by atoms with van der Waals surface area (Å²) >= 11 is 0. The lowest BCUT2D eigenvalue weighted by Gasteiger charge is -2.14. The van der Waals surface area contributed by atoms with Gasteiger partial charge in [-0.1, -0.05) is 34.6 Å². The molecule has 0 aliphatic rings. The van der Waals surface area contributed by atoms with E-state index in [2.05, 4.69) is 56.2 Å². The van der Waals surface area contributed by atoms with E-state index < -0.39 is 0 Å². The summed E-state index contributed by atoms with van der Waals surface area (Å²) in [5.74, 6) is 2.03. The molecule has 0 saturated carbocycles. The van der Waals surface area contributed by atoms with Crippen LogP contribution in [0.1, 0.15) is 58.2 Å². The largest absolute Gasteiger partial charge is 0.369 e. The predicted octanol–water partition coefficient (Wildman–Crippen LogP) is 3.62. The van der Waals surface area contributed by atoms with E-state index in [0.717, 1.165) is 30.9 Å². The molecule has 0 aromatic carbocycles. The summed E-state index contributed by atoms with van der Waals surface area (Å²) in [4.78, 5) is 0. The molecule has 1 aromatic heterocycles. The van der Waals surface area contributed by atoms with Crippen molar-refractivity contribution in [2.45, 2.75) is 53.4 Å². The van der Waals surface area contributed by atoms with Gasteiger partial charge in [0.25, 0.3) is 0 Å². The van der Waals surface area contributed by atoms with E-state index in [-0.39, 0.29) is 0 Å². The maximum absolute atomic E-state index is 4.38. The third-order valence-corrected chi connectivity index (χ3v) is 2.68. The van der Waals surface area contributed by atoms with Gasteiger partial charge in [0.05, 0.1) is 5.69 Å². The fraction of sp³-hybridized carbons (Fsp3) is 0.714. The van der Waals surface area contributed by atoms with Gasteiger partial charge in [0.1, 0.15) is 5.82 Å². The van der Waals surface area contributed by atoms with Crippen molar-refractivity contribution in [3.8, 4) is 0 Å². The average Bonchev–Trinajstić information content (AvgIpc) is 2.26. The standard InChI is InChI=1S/C14H25N3/c1-6-7-15-14-9-12(11(4)5)13(16-17-14)8-10(2)3/h9-11H,6-8H2,1-5H3,(H,15,17). The van der Waals surface area contributed by atoms with Gasteiger partial charge in [-0.05, 0) is 36.3 Å². The second-order valence-electron chi connectivity index (χ2n) is 5.31. The van der Waals surface area contributed by atoms with Crippen molar-refractivity contribution in [2.24, 2.45) is 5.92 Å². The first-order valence-corrected chi connectivity index (χ1v) is 6.65. The first-order valence-electron chi connectivity index (χ1n) is 6.65. The number of nitrogens with zero attached hydrogens (tertiary/aromatic N) is 2. The Balaban J connectivity index is 2.91. The molecule has 17 heavy (non-hydrogen) atoms. The van der Waals surface area contributed by atoms with Gasteiger partial charge < -0.3 is 5.32 Å². The lowest BCUT2D eigenvalue weighted by molar-refractivity contribution is 0.616. The predicted molar refractivity (Wildman–Crippen MR) is 73.4 cm³/mol. The number of hydrogen-bond donors (Lipinski definition) is 1. The Hall–Kier alpha value is -1.12. The number of hydrogen-bond acceptors (Lipinski definition) is 3. The quantitative estimate of drug-likeness (QED) is 0.818. The highest BCUT2D eigenvalue weighted by Gasteiger charge is 2.11. The van der Waals surface area contributed by atoms with Crippen molar-refractivity contribution in [3.05, 3.63) is 17.3 Å². The minimum Gasteiger partial charge on any atom is -0.369 e. The summed E-state index contributed by atoms with van der Waals surface area (Å²) in [5.41, 5.74) is 2.48. The van der Waals surface area contributed by atoms with Crippen LogP contribution in [0.2, 0.25) is 0 Å². The summed E-state index contributed by atoms with van der Waals surface area (Å²) in [6, 6.07) is 2.16. The van der Waals surface area contributed by atoms with Gasteiger partial charge in [0.15, 0.2) is 0 Å². The number of anilines is 1. The van der Waals surface area contributed by atoms with Crippen molar-refractivity contribution >= 4 is 5.82 Å². The minimum absolute atomic E-state index is 0.501. The molecule has 0 saturated heterocycles. The van der Waals surface area contributed by atoms with Crippen LogP contribution >= 0.6 is 0 Å². The summed E-state index contributed by atoms with van der Waals surface area (Å²) in [7, 11) is 0. The molecule has 0 amide bonds. The smallest absolute Gasteiger partial charge is 0.148 e. The SMILES string of the molecule is CCCNc1cc(C(C)C)c(CC(C)C)nn1. The third kappa shape index (κ3) is 4.33. The molecule has 3 heteroatoms. The van der Waals surface area contributed by atoms with E-state index in [9.17, 15) is 0 Å². The fourth-order valence-corrected chi connectivity index (χ4v) is 1.82. The zero-order valence-corrected chi connectivity index (χ0v) is 11.7. The monoisotopic (exact) mass is 235 g/mol. The van der Waals surface area contributed by atoms with Crippen molar-refractivity contribution in [1.29, 1.82) is 0 Å². The van der Waals surface area contributed by atoms with Crippen LogP contribution in [0.4, 0.5) is 5.82 Å². The van der Waals surface area contributed by atoms with E-state index in [0.29, 0.717) is 11.8 Å². The molecule has 96 valence electrons. The zero-order chi connectivity index (χ0) is 12.8. The van der Waals surface area contributed by atoms with Gasteiger partial charge in [0, 0.05) is 6.54 Å². The van der Waals surface area contributed by atoms with Crippen molar-refractivity contribution in [2.75, 3.05) is 11.9 Å². The lowest BCUT2D eigenvalue weighted by atomic mass is 9.97. The fourth-order valence-electron chi connectivity index (χ4n) is 1.82. The van der Waals surface area contributed by atoms with Crippen LogP contribution in [0, 0.1) is 5.92 Å². The molecule has 0 aliphatic carbocycles. The molecule has 0 unspecified atom stereocenters. The normalized spacial score (nSPS) is 11.2. The van der Waals surface area contributed by atoms with E-state index >= 15 is 0 Å². The van der Waals surface area contributed by atoms with Crippen LogP contribution in [-0.4, -0.2) is 16.7 Å². The molecule has 0 bridgehead atoms. The van der Waals surface area contributed by atoms with Crippen LogP contribution in [0.25, 0.3) is 0 Å². The van der Waals surface area contributed by atoms with Crippen molar-refractivity contribution in [3.63, 3.8) is 0 Å². The van der Waals surface area contributed by atoms with Crippen LogP contribution in [0.5, 0.6) is 0 Å². The first kappa shape index (κ1) is 13.9. The van der Waals surface area contributed by atoms with Crippen LogP contribution < -0.4 is 5.32 Å². The van der Waals surface area contributed by atoms with Crippen molar-refractivity contribution < 1.29 is 0 Å². The van der Waals surface area contributed by atoms with Crippen molar-refractivity contribution in [1.82, 2.24) is 10.2 Å². The van der Waals surface area contributed by atoms with Crippen LogP contribution in [-0.2, 0) is 6.42 Å². The average molecular weight is 235 g/mol. The Morgan fingerprint density at radius 3 is 2.41 bits per heavy atom. The molecule has 1 heterocycles. The van der Waals surface area contributed by atoms with E-state index in [1.165, 1.54) is 5.56 Å². The second-order valence-corrected chi connectivity index (χ2v) is 5.31. The van der Waals surface area contributed by atoms with Gasteiger partial charge in [0.2, 0.25) is 0 Å². The molecule has 0 spiro atoms. The first-order chi connectivity index (χ1) is 8.04. The Morgan fingerprint density at radius 2 is 1.88 bits per heavy atom. The minimum atomic E-state index is 0.501. The van der Waals surface area contributed by atoms with Gasteiger partial charge >= 0.3 is 0 Å². The molecule has 0 aliphatic heterocycles. The summed E-state index contributed by atoms with van der Waals surface area (Å²) < 4.78 is 0. The number of nitrogens with one attached hydrogen (secondary N) is 1. The van der Waals surface area contributed by atoms with Crippen LogP contribution in [0.3, 0.4) is 0 Å². The number of rotatable bonds is 6. The van der Waals surface area contributed by atoms with Gasteiger partial charge in [-0.2, -0.15) is 5.10 Å². The van der Waals surface area contributed by atoms with E-state index in [4.69, 9.17) is 0 Å². The highest BCUT2D eigenvalue weighted by atomic mass is 15.2. The Morgan fingerprint density at radius 1 is 1.18 bits per heavy atom. The molecule has 0 radical (unpaired) electrons. The van der Waals surface area contributed by atoms with Crippen LogP contribution in [0.15, 0.2) is 6.07 Å². The topological polar surface area (TPSA) is 37.8 Å². The molecule has 1 aromatic rings. The Bertz CT molecular complexity index is 345. The Kier molecular flexibility index (Phi) is 5.39. The number of aromatic nitrogens is 2.